The van der Waals surface area contributed by atoms with E-state index in [1.54, 1.807) is 31.5 Å². The van der Waals surface area contributed by atoms with E-state index in [1.807, 2.05) is 31.2 Å². The lowest BCUT2D eigenvalue weighted by molar-refractivity contribution is 0.0955. The van der Waals surface area contributed by atoms with Gasteiger partial charge in [0.25, 0.3) is 5.91 Å². The molecule has 0 radical (unpaired) electrons. The largest absolute Gasteiger partial charge is 0.493 e. The maximum absolute atomic E-state index is 12.2. The van der Waals surface area contributed by atoms with Gasteiger partial charge in [-0.05, 0) is 68.8 Å². The van der Waals surface area contributed by atoms with Crippen molar-refractivity contribution in [3.05, 3.63) is 53.6 Å². The van der Waals surface area contributed by atoms with Gasteiger partial charge in [0, 0.05) is 24.3 Å². The van der Waals surface area contributed by atoms with E-state index in [2.05, 4.69) is 29.3 Å². The first-order chi connectivity index (χ1) is 13.1. The lowest BCUT2D eigenvalue weighted by Gasteiger charge is -2.20. The van der Waals surface area contributed by atoms with Gasteiger partial charge < -0.3 is 14.4 Å². The van der Waals surface area contributed by atoms with Gasteiger partial charge in [-0.15, -0.1) is 0 Å². The quantitative estimate of drug-likeness (QED) is 0.541. The molecule has 0 saturated carbocycles. The van der Waals surface area contributed by atoms with Crippen LogP contribution >= 0.6 is 0 Å². The van der Waals surface area contributed by atoms with Crippen molar-refractivity contribution in [3.8, 4) is 11.5 Å². The third-order valence-electron chi connectivity index (χ3n) is 4.13. The number of hydrogen-bond acceptors (Lipinski definition) is 5. The molecule has 0 fully saturated rings. The van der Waals surface area contributed by atoms with Crippen LogP contribution in [0.2, 0.25) is 0 Å². The molecule has 2 aromatic carbocycles. The number of carbonyl (C=O) groups is 1. The predicted molar refractivity (Wildman–Crippen MR) is 109 cm³/mol. The predicted octanol–water partition coefficient (Wildman–Crippen LogP) is 3.70. The number of methoxy groups -OCH3 is 1. The van der Waals surface area contributed by atoms with Gasteiger partial charge in [-0.1, -0.05) is 0 Å². The summed E-state index contributed by atoms with van der Waals surface area (Å²) in [5, 5.41) is 4.03. The molecule has 0 heterocycles. The first-order valence-electron chi connectivity index (χ1n) is 9.12. The van der Waals surface area contributed by atoms with Crippen LogP contribution in [0, 0.1) is 0 Å². The van der Waals surface area contributed by atoms with Crippen molar-refractivity contribution in [1.29, 1.82) is 0 Å². The van der Waals surface area contributed by atoms with E-state index >= 15 is 0 Å². The molecule has 0 saturated heterocycles. The first kappa shape index (κ1) is 20.3. The molecule has 0 aliphatic rings. The average molecular weight is 369 g/mol. The van der Waals surface area contributed by atoms with Crippen LogP contribution in [0.3, 0.4) is 0 Å². The number of benzene rings is 2. The molecule has 0 atom stereocenters. The highest BCUT2D eigenvalue weighted by atomic mass is 16.5. The van der Waals surface area contributed by atoms with Gasteiger partial charge in [0.15, 0.2) is 11.5 Å². The summed E-state index contributed by atoms with van der Waals surface area (Å²) < 4.78 is 10.8. The van der Waals surface area contributed by atoms with E-state index in [0.717, 1.165) is 24.3 Å². The lowest BCUT2D eigenvalue weighted by atomic mass is 10.2. The molecule has 144 valence electrons. The van der Waals surface area contributed by atoms with Gasteiger partial charge in [-0.25, -0.2) is 5.43 Å². The second-order valence-electron chi connectivity index (χ2n) is 5.76. The first-order valence-corrected chi connectivity index (χ1v) is 9.12. The van der Waals surface area contributed by atoms with Crippen molar-refractivity contribution in [2.45, 2.75) is 20.8 Å². The van der Waals surface area contributed by atoms with Crippen molar-refractivity contribution in [2.24, 2.45) is 5.10 Å². The molecule has 1 N–H and O–H groups in total. The smallest absolute Gasteiger partial charge is 0.271 e. The summed E-state index contributed by atoms with van der Waals surface area (Å²) in [7, 11) is 1.59. The minimum atomic E-state index is -0.254. The van der Waals surface area contributed by atoms with E-state index in [-0.39, 0.29) is 5.91 Å². The van der Waals surface area contributed by atoms with Crippen LogP contribution in [-0.4, -0.2) is 38.9 Å². The SMILES string of the molecule is CCOc1cc(/C=N/NC(=O)c2ccc(N(CC)CC)cc2)ccc1OC. The van der Waals surface area contributed by atoms with E-state index in [9.17, 15) is 4.79 Å². The van der Waals surface area contributed by atoms with Gasteiger partial charge >= 0.3 is 0 Å². The Kier molecular flexibility index (Phi) is 7.67. The molecule has 0 aromatic heterocycles. The molecule has 6 heteroatoms. The maximum Gasteiger partial charge on any atom is 0.271 e. The third kappa shape index (κ3) is 5.48. The molecule has 27 heavy (non-hydrogen) atoms. The van der Waals surface area contributed by atoms with E-state index in [0.29, 0.717) is 23.7 Å². The number of amides is 1. The zero-order valence-electron chi connectivity index (χ0n) is 16.4. The number of nitrogens with zero attached hydrogens (tertiary/aromatic N) is 2. The number of ether oxygens (including phenoxy) is 2. The van der Waals surface area contributed by atoms with E-state index < -0.39 is 0 Å². The zero-order chi connectivity index (χ0) is 19.6. The van der Waals surface area contributed by atoms with Crippen molar-refractivity contribution < 1.29 is 14.3 Å². The summed E-state index contributed by atoms with van der Waals surface area (Å²) in [6.07, 6.45) is 1.57. The van der Waals surface area contributed by atoms with E-state index in [1.165, 1.54) is 0 Å². The monoisotopic (exact) mass is 369 g/mol. The second kappa shape index (κ2) is 10.2. The van der Waals surface area contributed by atoms with Gasteiger partial charge in [0.05, 0.1) is 19.9 Å². The van der Waals surface area contributed by atoms with Crippen LogP contribution in [0.4, 0.5) is 5.69 Å². The van der Waals surface area contributed by atoms with Crippen molar-refractivity contribution in [1.82, 2.24) is 5.43 Å². The van der Waals surface area contributed by atoms with Crippen molar-refractivity contribution in [3.63, 3.8) is 0 Å². The Bertz CT molecular complexity index is 769. The number of nitrogens with one attached hydrogen (secondary N) is 1. The normalized spacial score (nSPS) is 10.7. The molecule has 6 nitrogen and oxygen atoms in total. The highest BCUT2D eigenvalue weighted by molar-refractivity contribution is 5.95. The average Bonchev–Trinajstić information content (AvgIpc) is 2.70. The summed E-state index contributed by atoms with van der Waals surface area (Å²) in [6, 6.07) is 13.0. The Balaban J connectivity index is 2.01. The Morgan fingerprint density at radius 1 is 1.07 bits per heavy atom. The fourth-order valence-electron chi connectivity index (χ4n) is 2.68. The molecular formula is C21H27N3O3. The molecular weight excluding hydrogens is 342 g/mol. The molecule has 2 rings (SSSR count). The molecule has 1 amide bonds. The summed E-state index contributed by atoms with van der Waals surface area (Å²) in [6.45, 7) is 8.52. The van der Waals surface area contributed by atoms with Gasteiger partial charge in [-0.2, -0.15) is 5.10 Å². The number of hydrazone groups is 1. The fraction of sp³-hybridized carbons (Fsp3) is 0.333. The summed E-state index contributed by atoms with van der Waals surface area (Å²) in [5.74, 6) is 1.05. The van der Waals surface area contributed by atoms with Crippen molar-refractivity contribution in [2.75, 3.05) is 31.7 Å². The maximum atomic E-state index is 12.2. The minimum Gasteiger partial charge on any atom is -0.493 e. The molecule has 0 bridgehead atoms. The van der Waals surface area contributed by atoms with Gasteiger partial charge in [0.2, 0.25) is 0 Å². The number of carbonyl (C=O) groups excluding carboxylic acids is 1. The molecule has 2 aromatic rings. The highest BCUT2D eigenvalue weighted by Crippen LogP contribution is 2.27. The highest BCUT2D eigenvalue weighted by Gasteiger charge is 2.07. The fourth-order valence-corrected chi connectivity index (χ4v) is 2.68. The van der Waals surface area contributed by atoms with Crippen LogP contribution in [-0.2, 0) is 0 Å². The van der Waals surface area contributed by atoms with Gasteiger partial charge in [0.1, 0.15) is 0 Å². The zero-order valence-corrected chi connectivity index (χ0v) is 16.4. The van der Waals surface area contributed by atoms with Crippen LogP contribution in [0.1, 0.15) is 36.7 Å². The lowest BCUT2D eigenvalue weighted by Crippen LogP contribution is -2.22. The van der Waals surface area contributed by atoms with Crippen LogP contribution < -0.4 is 19.8 Å². The van der Waals surface area contributed by atoms with Crippen molar-refractivity contribution >= 4 is 17.8 Å². The Hall–Kier alpha value is -3.02. The molecule has 0 aliphatic heterocycles. The molecule has 0 aliphatic carbocycles. The summed E-state index contributed by atoms with van der Waals surface area (Å²) in [5.41, 5.74) is 5.01. The minimum absolute atomic E-state index is 0.254. The number of rotatable bonds is 9. The standard InChI is InChI=1S/C21H27N3O3/c1-5-24(6-2)18-11-9-17(10-12-18)21(25)23-22-15-16-8-13-19(26-4)20(14-16)27-7-3/h8-15H,5-7H2,1-4H3,(H,23,25)/b22-15+. The summed E-state index contributed by atoms with van der Waals surface area (Å²) >= 11 is 0. The van der Waals surface area contributed by atoms with Crippen LogP contribution in [0.15, 0.2) is 47.6 Å². The number of anilines is 1. The second-order valence-corrected chi connectivity index (χ2v) is 5.76. The topological polar surface area (TPSA) is 63.2 Å². The molecule has 0 unspecified atom stereocenters. The van der Waals surface area contributed by atoms with Crippen LogP contribution in [0.5, 0.6) is 11.5 Å². The van der Waals surface area contributed by atoms with Crippen LogP contribution in [0.25, 0.3) is 0 Å². The third-order valence-corrected chi connectivity index (χ3v) is 4.13. The Labute approximate surface area is 160 Å². The summed E-state index contributed by atoms with van der Waals surface area (Å²) in [4.78, 5) is 14.5. The molecule has 0 spiro atoms. The Morgan fingerprint density at radius 2 is 1.78 bits per heavy atom. The Morgan fingerprint density at radius 3 is 2.37 bits per heavy atom. The number of hydrogen-bond donors (Lipinski definition) is 1. The van der Waals surface area contributed by atoms with E-state index in [4.69, 9.17) is 9.47 Å². The van der Waals surface area contributed by atoms with Gasteiger partial charge in [-0.3, -0.25) is 4.79 Å².